The molecule has 1 fully saturated rings. The Morgan fingerprint density at radius 2 is 2.11 bits per heavy atom. The number of amides is 2. The van der Waals surface area contributed by atoms with Gasteiger partial charge in [-0.2, -0.15) is 0 Å². The van der Waals surface area contributed by atoms with E-state index in [1.54, 1.807) is 13.1 Å². The van der Waals surface area contributed by atoms with Gasteiger partial charge in [-0.15, -0.1) is 0 Å². The summed E-state index contributed by atoms with van der Waals surface area (Å²) >= 11 is 0. The molecule has 0 aromatic heterocycles. The Balaban J connectivity index is 1.90. The summed E-state index contributed by atoms with van der Waals surface area (Å²) in [5, 5.41) is 9.34. The first-order valence-electron chi connectivity index (χ1n) is 9.71. The second kappa shape index (κ2) is 10.5. The molecular weight excluding hydrogens is 342 g/mol. The lowest BCUT2D eigenvalue weighted by molar-refractivity contribution is -0.129. The first-order chi connectivity index (χ1) is 13.1. The van der Waals surface area contributed by atoms with Crippen molar-refractivity contribution in [3.63, 3.8) is 0 Å². The molecule has 7 nitrogen and oxygen atoms in total. The smallest absolute Gasteiger partial charge is 0.251 e. The first-order valence-corrected chi connectivity index (χ1v) is 9.71. The minimum atomic E-state index is -0.0808. The maximum absolute atomic E-state index is 11.8. The zero-order valence-corrected chi connectivity index (χ0v) is 16.5. The number of hydrogen-bond acceptors (Lipinski definition) is 3. The van der Waals surface area contributed by atoms with Crippen LogP contribution in [0, 0.1) is 0 Å². The van der Waals surface area contributed by atoms with Gasteiger partial charge >= 0.3 is 0 Å². The number of carbonyl (C=O) groups is 2. The van der Waals surface area contributed by atoms with E-state index in [-0.39, 0.29) is 17.9 Å². The van der Waals surface area contributed by atoms with Crippen LogP contribution in [0.3, 0.4) is 0 Å². The molecule has 2 rings (SSSR count). The number of aliphatic imine (C=N–C) groups is 1. The number of nitrogens with zero attached hydrogens (tertiary/aromatic N) is 2. The molecule has 1 unspecified atom stereocenters. The van der Waals surface area contributed by atoms with Crippen LogP contribution in [-0.2, 0) is 11.2 Å². The van der Waals surface area contributed by atoms with Crippen molar-refractivity contribution in [2.75, 3.05) is 33.2 Å². The Kier molecular flexibility index (Phi) is 8.10. The number of guanidine groups is 1. The average Bonchev–Trinajstić information content (AvgIpc) is 3.15. The molecule has 27 heavy (non-hydrogen) atoms. The van der Waals surface area contributed by atoms with Crippen LogP contribution in [0.1, 0.15) is 42.6 Å². The average molecular weight is 374 g/mol. The molecule has 1 aromatic rings. The van der Waals surface area contributed by atoms with Gasteiger partial charge in [0, 0.05) is 51.3 Å². The molecule has 0 spiro atoms. The van der Waals surface area contributed by atoms with Crippen molar-refractivity contribution in [1.29, 1.82) is 0 Å². The molecule has 0 saturated carbocycles. The zero-order chi connectivity index (χ0) is 19.6. The van der Waals surface area contributed by atoms with Crippen LogP contribution in [0.4, 0.5) is 0 Å². The summed E-state index contributed by atoms with van der Waals surface area (Å²) in [6.45, 7) is 6.86. The van der Waals surface area contributed by atoms with Gasteiger partial charge in [-0.25, -0.2) is 0 Å². The molecule has 1 aliphatic heterocycles. The Morgan fingerprint density at radius 3 is 2.81 bits per heavy atom. The molecule has 1 atom stereocenters. The quantitative estimate of drug-likeness (QED) is 0.494. The lowest BCUT2D eigenvalue weighted by Gasteiger charge is -2.18. The van der Waals surface area contributed by atoms with Crippen molar-refractivity contribution in [1.82, 2.24) is 20.9 Å². The van der Waals surface area contributed by atoms with Gasteiger partial charge < -0.3 is 20.9 Å². The Labute approximate surface area is 161 Å². The summed E-state index contributed by atoms with van der Waals surface area (Å²) in [6.07, 6.45) is 2.24. The number of likely N-dealkylation sites (tertiary alicyclic amines) is 1. The summed E-state index contributed by atoms with van der Waals surface area (Å²) in [6, 6.07) is 7.84. The molecule has 1 heterocycles. The van der Waals surface area contributed by atoms with Crippen molar-refractivity contribution in [3.05, 3.63) is 35.4 Å². The van der Waals surface area contributed by atoms with E-state index < -0.39 is 0 Å². The van der Waals surface area contributed by atoms with E-state index in [2.05, 4.69) is 20.9 Å². The van der Waals surface area contributed by atoms with Gasteiger partial charge in [0.05, 0.1) is 0 Å². The van der Waals surface area contributed by atoms with Crippen LogP contribution >= 0.6 is 0 Å². The Bertz CT molecular complexity index is 674. The summed E-state index contributed by atoms with van der Waals surface area (Å²) in [5.41, 5.74) is 1.74. The normalized spacial score (nSPS) is 16.9. The predicted octanol–water partition coefficient (Wildman–Crippen LogP) is 1.15. The molecule has 0 bridgehead atoms. The van der Waals surface area contributed by atoms with Gasteiger partial charge in [-0.1, -0.05) is 19.1 Å². The lowest BCUT2D eigenvalue weighted by atomic mass is 10.1. The third-order valence-corrected chi connectivity index (χ3v) is 4.62. The van der Waals surface area contributed by atoms with E-state index >= 15 is 0 Å². The van der Waals surface area contributed by atoms with Gasteiger partial charge in [0.15, 0.2) is 5.96 Å². The lowest BCUT2D eigenvalue weighted by Crippen LogP contribution is -2.45. The number of nitrogens with one attached hydrogen (secondary N) is 3. The topological polar surface area (TPSA) is 85.8 Å². The molecule has 1 aliphatic rings. The molecule has 1 saturated heterocycles. The molecule has 148 valence electrons. The predicted molar refractivity (Wildman–Crippen MR) is 108 cm³/mol. The van der Waals surface area contributed by atoms with Crippen LogP contribution in [0.5, 0.6) is 0 Å². The highest BCUT2D eigenvalue weighted by Gasteiger charge is 2.25. The summed E-state index contributed by atoms with van der Waals surface area (Å²) < 4.78 is 0. The van der Waals surface area contributed by atoms with Gasteiger partial charge in [0.25, 0.3) is 5.91 Å². The van der Waals surface area contributed by atoms with E-state index in [1.165, 1.54) is 0 Å². The second-order valence-electron chi connectivity index (χ2n) is 6.61. The van der Waals surface area contributed by atoms with Gasteiger partial charge in [0.1, 0.15) is 0 Å². The third kappa shape index (κ3) is 6.27. The van der Waals surface area contributed by atoms with Crippen LogP contribution < -0.4 is 16.0 Å². The maximum atomic E-state index is 11.8. The fourth-order valence-electron chi connectivity index (χ4n) is 3.15. The molecular formula is C20H31N5O2. The Morgan fingerprint density at radius 1 is 1.30 bits per heavy atom. The standard InChI is InChI=1S/C20H31N5O2/c1-4-18(26)25-12-10-17(14-25)24-20(22-5-2)23-11-9-15-7-6-8-16(13-15)19(27)21-3/h6-8,13,17H,4-5,9-12,14H2,1-3H3,(H,21,27)(H2,22,23,24). The molecule has 0 aliphatic carbocycles. The SMILES string of the molecule is CCNC(=NCCc1cccc(C(=O)NC)c1)NC1CCN(C(=O)CC)C1. The number of rotatable bonds is 7. The highest BCUT2D eigenvalue weighted by Crippen LogP contribution is 2.10. The van der Waals surface area contributed by atoms with Crippen molar-refractivity contribution >= 4 is 17.8 Å². The van der Waals surface area contributed by atoms with Gasteiger partial charge in [0.2, 0.25) is 5.91 Å². The highest BCUT2D eigenvalue weighted by atomic mass is 16.2. The maximum Gasteiger partial charge on any atom is 0.251 e. The monoisotopic (exact) mass is 373 g/mol. The number of carbonyl (C=O) groups excluding carboxylic acids is 2. The second-order valence-corrected chi connectivity index (χ2v) is 6.61. The summed E-state index contributed by atoms with van der Waals surface area (Å²) in [7, 11) is 1.63. The first kappa shape index (κ1) is 20.7. The van der Waals surface area contributed by atoms with Crippen molar-refractivity contribution in [2.45, 2.75) is 39.2 Å². The fraction of sp³-hybridized carbons (Fsp3) is 0.550. The minimum absolute atomic E-state index is 0.0808. The van der Waals surface area contributed by atoms with E-state index in [1.807, 2.05) is 36.9 Å². The van der Waals surface area contributed by atoms with Crippen LogP contribution in [-0.4, -0.2) is 61.9 Å². The van der Waals surface area contributed by atoms with E-state index in [4.69, 9.17) is 0 Å². The van der Waals surface area contributed by atoms with Crippen molar-refractivity contribution < 1.29 is 9.59 Å². The van der Waals surface area contributed by atoms with Crippen molar-refractivity contribution in [3.8, 4) is 0 Å². The largest absolute Gasteiger partial charge is 0.357 e. The Hall–Kier alpha value is -2.57. The van der Waals surface area contributed by atoms with Gasteiger partial charge in [-0.3, -0.25) is 14.6 Å². The molecule has 0 radical (unpaired) electrons. The molecule has 1 aromatic carbocycles. The van der Waals surface area contributed by atoms with Gasteiger partial charge in [-0.05, 0) is 37.5 Å². The van der Waals surface area contributed by atoms with Crippen LogP contribution in [0.2, 0.25) is 0 Å². The van der Waals surface area contributed by atoms with Crippen molar-refractivity contribution in [2.24, 2.45) is 4.99 Å². The number of hydrogen-bond donors (Lipinski definition) is 3. The molecule has 2 amide bonds. The summed E-state index contributed by atoms with van der Waals surface area (Å²) in [5.74, 6) is 0.899. The van der Waals surface area contributed by atoms with Crippen LogP contribution in [0.15, 0.2) is 29.3 Å². The molecule has 3 N–H and O–H groups in total. The van der Waals surface area contributed by atoms with E-state index in [0.29, 0.717) is 18.5 Å². The minimum Gasteiger partial charge on any atom is -0.357 e. The summed E-state index contributed by atoms with van der Waals surface area (Å²) in [4.78, 5) is 30.1. The zero-order valence-electron chi connectivity index (χ0n) is 16.5. The third-order valence-electron chi connectivity index (χ3n) is 4.62. The highest BCUT2D eigenvalue weighted by molar-refractivity contribution is 5.94. The fourth-order valence-corrected chi connectivity index (χ4v) is 3.15. The van der Waals surface area contributed by atoms with E-state index in [9.17, 15) is 9.59 Å². The van der Waals surface area contributed by atoms with Crippen LogP contribution in [0.25, 0.3) is 0 Å². The number of benzene rings is 1. The molecule has 7 heteroatoms. The van der Waals surface area contributed by atoms with E-state index in [0.717, 1.165) is 44.0 Å².